The van der Waals surface area contributed by atoms with Gasteiger partial charge in [0.15, 0.2) is 0 Å². The Hall–Kier alpha value is -2.89. The van der Waals surface area contributed by atoms with Crippen LogP contribution in [0.1, 0.15) is 48.7 Å². The van der Waals surface area contributed by atoms with E-state index in [0.717, 1.165) is 29.9 Å². The van der Waals surface area contributed by atoms with Crippen molar-refractivity contribution in [2.24, 2.45) is 17.6 Å². The summed E-state index contributed by atoms with van der Waals surface area (Å²) in [6.45, 7) is 3.78. The third-order valence-electron chi connectivity index (χ3n) is 5.68. The van der Waals surface area contributed by atoms with Gasteiger partial charge >= 0.3 is 0 Å². The van der Waals surface area contributed by atoms with Gasteiger partial charge in [-0.1, -0.05) is 13.0 Å². The van der Waals surface area contributed by atoms with E-state index in [2.05, 4.69) is 17.2 Å². The first-order valence-corrected chi connectivity index (χ1v) is 9.38. The van der Waals surface area contributed by atoms with E-state index in [4.69, 9.17) is 5.73 Å². The number of nitrogens with one attached hydrogen (secondary N) is 1. The lowest BCUT2D eigenvalue weighted by Gasteiger charge is -2.46. The van der Waals surface area contributed by atoms with Crippen molar-refractivity contribution in [3.8, 4) is 0 Å². The van der Waals surface area contributed by atoms with Crippen molar-refractivity contribution in [1.29, 1.82) is 0 Å². The molecule has 2 aliphatic rings. The van der Waals surface area contributed by atoms with Crippen molar-refractivity contribution in [2.45, 2.75) is 38.8 Å². The Morgan fingerprint density at radius 2 is 2.00 bits per heavy atom. The van der Waals surface area contributed by atoms with Crippen molar-refractivity contribution in [3.63, 3.8) is 0 Å². The number of primary amides is 1. The summed E-state index contributed by atoms with van der Waals surface area (Å²) in [5.41, 5.74) is 7.72. The number of carbonyl (C=O) groups is 2. The van der Waals surface area contributed by atoms with Crippen molar-refractivity contribution < 1.29 is 9.59 Å². The molecule has 6 nitrogen and oxygen atoms in total. The number of nitrogens with zero attached hydrogens (tertiary/aromatic N) is 2. The Kier molecular flexibility index (Phi) is 4.34. The molecular weight excluding hydrogens is 340 g/mol. The number of aromatic nitrogens is 1. The van der Waals surface area contributed by atoms with Gasteiger partial charge < -0.3 is 16.0 Å². The normalized spacial score (nSPS) is 24.2. The molecule has 0 saturated heterocycles. The Balaban J connectivity index is 1.84. The van der Waals surface area contributed by atoms with Gasteiger partial charge in [-0.3, -0.25) is 9.59 Å². The predicted octanol–water partition coefficient (Wildman–Crippen LogP) is 3.11. The molecule has 140 valence electrons. The van der Waals surface area contributed by atoms with Gasteiger partial charge in [0.2, 0.25) is 11.8 Å². The zero-order valence-corrected chi connectivity index (χ0v) is 15.6. The fraction of sp³-hybridized carbons (Fsp3) is 0.381. The molecule has 3 atom stereocenters. The second-order valence-corrected chi connectivity index (χ2v) is 7.55. The Labute approximate surface area is 158 Å². The molecule has 27 heavy (non-hydrogen) atoms. The summed E-state index contributed by atoms with van der Waals surface area (Å²) in [5.74, 6) is 1.01. The lowest BCUT2D eigenvalue weighted by Crippen LogP contribution is -2.51. The first-order chi connectivity index (χ1) is 13.0. The Morgan fingerprint density at radius 1 is 1.22 bits per heavy atom. The van der Waals surface area contributed by atoms with E-state index >= 15 is 0 Å². The van der Waals surface area contributed by atoms with Gasteiger partial charge in [0.1, 0.15) is 5.82 Å². The lowest BCUT2D eigenvalue weighted by molar-refractivity contribution is -0.117. The molecule has 1 saturated carbocycles. The number of nitrogens with two attached hydrogens (primary N) is 1. The number of fused-ring (bicyclic) bond motifs is 1. The topological polar surface area (TPSA) is 88.3 Å². The number of carbonyl (C=O) groups excluding carboxylic acids is 2. The highest BCUT2D eigenvalue weighted by atomic mass is 16.2. The average molecular weight is 364 g/mol. The number of anilines is 2. The van der Waals surface area contributed by atoms with Crippen molar-refractivity contribution in [2.75, 3.05) is 10.2 Å². The minimum atomic E-state index is -0.472. The molecule has 1 fully saturated rings. The van der Waals surface area contributed by atoms with Crippen LogP contribution >= 0.6 is 0 Å². The molecule has 1 aromatic heterocycles. The number of amides is 2. The third kappa shape index (κ3) is 3.16. The smallest absolute Gasteiger partial charge is 0.248 e. The maximum Gasteiger partial charge on any atom is 0.248 e. The molecule has 2 aromatic rings. The monoisotopic (exact) mass is 364 g/mol. The fourth-order valence-corrected chi connectivity index (χ4v) is 4.33. The van der Waals surface area contributed by atoms with Crippen LogP contribution in [0.3, 0.4) is 0 Å². The quantitative estimate of drug-likeness (QED) is 0.872. The van der Waals surface area contributed by atoms with Gasteiger partial charge in [0.25, 0.3) is 0 Å². The molecule has 4 rings (SSSR count). The maximum absolute atomic E-state index is 12.5. The van der Waals surface area contributed by atoms with E-state index in [1.165, 1.54) is 0 Å². The summed E-state index contributed by atoms with van der Waals surface area (Å²) in [4.78, 5) is 30.6. The number of pyridine rings is 1. The Bertz CT molecular complexity index is 879. The molecule has 1 aliphatic heterocycles. The van der Waals surface area contributed by atoms with Crippen LogP contribution in [0.5, 0.6) is 0 Å². The molecule has 0 bridgehead atoms. The van der Waals surface area contributed by atoms with Gasteiger partial charge in [-0.2, -0.15) is 0 Å². The summed E-state index contributed by atoms with van der Waals surface area (Å²) in [6.07, 6.45) is 4.03. The summed E-state index contributed by atoms with van der Waals surface area (Å²) in [6, 6.07) is 11.2. The van der Waals surface area contributed by atoms with Crippen LogP contribution in [0.2, 0.25) is 0 Å². The summed E-state index contributed by atoms with van der Waals surface area (Å²) < 4.78 is 0. The standard InChI is InChI=1S/C21H24N4O2/c1-12-19(24-18-5-3-4-10-23-18)16-11-15(21(22)27)8-9-17(16)25(13(2)26)20(12)14-6-7-14/h3-5,8-12,14,19-20H,6-7H2,1-2H3,(H2,22,27)(H,23,24). The van der Waals surface area contributed by atoms with Crippen LogP contribution in [0.15, 0.2) is 42.6 Å². The van der Waals surface area contributed by atoms with Crippen molar-refractivity contribution >= 4 is 23.3 Å². The molecule has 6 heteroatoms. The molecule has 1 aromatic carbocycles. The van der Waals surface area contributed by atoms with Gasteiger partial charge in [0.05, 0.1) is 6.04 Å². The van der Waals surface area contributed by atoms with Gasteiger partial charge in [-0.25, -0.2) is 4.98 Å². The zero-order chi connectivity index (χ0) is 19.1. The minimum Gasteiger partial charge on any atom is -0.366 e. The highest BCUT2D eigenvalue weighted by Crippen LogP contribution is 2.50. The van der Waals surface area contributed by atoms with Crippen LogP contribution in [-0.2, 0) is 4.79 Å². The fourth-order valence-electron chi connectivity index (χ4n) is 4.33. The Morgan fingerprint density at radius 3 is 2.59 bits per heavy atom. The summed E-state index contributed by atoms with van der Waals surface area (Å²) in [5, 5.41) is 3.52. The lowest BCUT2D eigenvalue weighted by atomic mass is 9.79. The van der Waals surface area contributed by atoms with E-state index in [1.807, 2.05) is 35.2 Å². The first kappa shape index (κ1) is 17.5. The minimum absolute atomic E-state index is 0.0307. The molecule has 0 radical (unpaired) electrons. The van der Waals surface area contributed by atoms with Crippen molar-refractivity contribution in [3.05, 3.63) is 53.7 Å². The number of benzene rings is 1. The van der Waals surface area contributed by atoms with E-state index in [-0.39, 0.29) is 23.9 Å². The van der Waals surface area contributed by atoms with Crippen molar-refractivity contribution in [1.82, 2.24) is 4.98 Å². The van der Waals surface area contributed by atoms with Crippen LogP contribution in [-0.4, -0.2) is 22.8 Å². The largest absolute Gasteiger partial charge is 0.366 e. The zero-order valence-electron chi connectivity index (χ0n) is 15.6. The molecule has 2 amide bonds. The molecule has 2 heterocycles. The van der Waals surface area contributed by atoms with Crippen LogP contribution < -0.4 is 16.0 Å². The number of hydrogen-bond acceptors (Lipinski definition) is 4. The first-order valence-electron chi connectivity index (χ1n) is 9.38. The maximum atomic E-state index is 12.5. The van der Waals surface area contributed by atoms with E-state index in [1.54, 1.807) is 19.2 Å². The van der Waals surface area contributed by atoms with Gasteiger partial charge in [-0.05, 0) is 54.7 Å². The van der Waals surface area contributed by atoms with E-state index in [9.17, 15) is 9.59 Å². The number of rotatable bonds is 4. The molecule has 0 spiro atoms. The van der Waals surface area contributed by atoms with Gasteiger partial charge in [-0.15, -0.1) is 0 Å². The van der Waals surface area contributed by atoms with Gasteiger partial charge in [0, 0.05) is 36.3 Å². The second-order valence-electron chi connectivity index (χ2n) is 7.55. The third-order valence-corrected chi connectivity index (χ3v) is 5.68. The van der Waals surface area contributed by atoms with E-state index < -0.39 is 5.91 Å². The van der Waals surface area contributed by atoms with E-state index in [0.29, 0.717) is 11.5 Å². The highest BCUT2D eigenvalue weighted by Gasteiger charge is 2.47. The predicted molar refractivity (Wildman–Crippen MR) is 104 cm³/mol. The average Bonchev–Trinajstić information content (AvgIpc) is 3.48. The number of hydrogen-bond donors (Lipinski definition) is 2. The second kappa shape index (κ2) is 6.68. The van der Waals surface area contributed by atoms with Crippen LogP contribution in [0, 0.1) is 11.8 Å². The summed E-state index contributed by atoms with van der Waals surface area (Å²) >= 11 is 0. The van der Waals surface area contributed by atoms with Crippen LogP contribution in [0.4, 0.5) is 11.5 Å². The highest BCUT2D eigenvalue weighted by molar-refractivity contribution is 5.97. The molecular formula is C21H24N4O2. The van der Waals surface area contributed by atoms with Crippen LogP contribution in [0.25, 0.3) is 0 Å². The molecule has 3 N–H and O–H groups in total. The molecule has 3 unspecified atom stereocenters. The SMILES string of the molecule is CC(=O)N1c2ccc(C(N)=O)cc2C(Nc2ccccn2)C(C)C1C1CC1. The molecule has 1 aliphatic carbocycles. The summed E-state index contributed by atoms with van der Waals surface area (Å²) in [7, 11) is 0.